The van der Waals surface area contributed by atoms with Gasteiger partial charge in [0.15, 0.2) is 0 Å². The highest BCUT2D eigenvalue weighted by Gasteiger charge is 2.36. The van der Waals surface area contributed by atoms with E-state index < -0.39 is 10.0 Å². The molecule has 1 fully saturated rings. The van der Waals surface area contributed by atoms with E-state index in [0.29, 0.717) is 13.0 Å². The molecule has 148 valence electrons. The second-order valence-corrected chi connectivity index (χ2v) is 9.57. The first kappa shape index (κ1) is 19.2. The van der Waals surface area contributed by atoms with Crippen LogP contribution in [0.1, 0.15) is 37.3 Å². The Labute approximate surface area is 166 Å². The van der Waals surface area contributed by atoms with Crippen molar-refractivity contribution in [3.63, 3.8) is 0 Å². The third kappa shape index (κ3) is 4.13. The third-order valence-corrected chi connectivity index (χ3v) is 7.10. The molecule has 1 heterocycles. The normalized spacial score (nSPS) is 17.4. The summed E-state index contributed by atoms with van der Waals surface area (Å²) in [4.78, 5) is 14.5. The maximum atomic E-state index is 12.8. The molecule has 1 aliphatic carbocycles. The molecule has 1 saturated carbocycles. The monoisotopic (exact) mass is 398 g/mol. The summed E-state index contributed by atoms with van der Waals surface area (Å²) in [6.45, 7) is 2.54. The van der Waals surface area contributed by atoms with Gasteiger partial charge in [-0.3, -0.25) is 4.79 Å². The summed E-state index contributed by atoms with van der Waals surface area (Å²) in [7, 11) is -3.58. The van der Waals surface area contributed by atoms with Gasteiger partial charge < -0.3 is 4.90 Å². The number of aryl methyl sites for hydroxylation is 1. The molecule has 6 heteroatoms. The summed E-state index contributed by atoms with van der Waals surface area (Å²) in [6.07, 6.45) is 4.22. The van der Waals surface area contributed by atoms with Crippen molar-refractivity contribution in [2.75, 3.05) is 11.4 Å². The van der Waals surface area contributed by atoms with Crippen molar-refractivity contribution in [2.24, 2.45) is 5.92 Å². The molecule has 1 amide bonds. The molecule has 1 atom stereocenters. The zero-order valence-corrected chi connectivity index (χ0v) is 16.9. The molecule has 0 radical (unpaired) electrons. The van der Waals surface area contributed by atoms with E-state index in [4.69, 9.17) is 0 Å². The van der Waals surface area contributed by atoms with Crippen molar-refractivity contribution in [1.82, 2.24) is 4.72 Å². The fourth-order valence-electron chi connectivity index (χ4n) is 3.74. The lowest BCUT2D eigenvalue weighted by molar-refractivity contribution is -0.119. The standard InChI is InChI=1S/C22H26N2O3S/c1-16(7-8-17-5-3-2-4-6-17)23-28(26,27)20-11-12-21-19(15-20)13-14-24(21)22(25)18-9-10-18/h2-6,11-12,15-16,18,23H,7-10,13-14H2,1H3/t16-/m1/s1. The van der Waals surface area contributed by atoms with Gasteiger partial charge in [-0.2, -0.15) is 0 Å². The molecular formula is C22H26N2O3S. The zero-order chi connectivity index (χ0) is 19.7. The van der Waals surface area contributed by atoms with Crippen LogP contribution in [0, 0.1) is 5.92 Å². The Morgan fingerprint density at radius 1 is 1.18 bits per heavy atom. The zero-order valence-electron chi connectivity index (χ0n) is 16.1. The minimum atomic E-state index is -3.58. The Balaban J connectivity index is 1.42. The topological polar surface area (TPSA) is 66.5 Å². The smallest absolute Gasteiger partial charge is 0.240 e. The number of benzene rings is 2. The number of amides is 1. The van der Waals surface area contributed by atoms with E-state index in [1.54, 1.807) is 18.2 Å². The van der Waals surface area contributed by atoms with E-state index in [9.17, 15) is 13.2 Å². The quantitative estimate of drug-likeness (QED) is 0.778. The Morgan fingerprint density at radius 3 is 2.64 bits per heavy atom. The Morgan fingerprint density at radius 2 is 1.93 bits per heavy atom. The lowest BCUT2D eigenvalue weighted by Crippen LogP contribution is -2.33. The molecule has 1 N–H and O–H groups in total. The third-order valence-electron chi connectivity index (χ3n) is 5.51. The van der Waals surface area contributed by atoms with Gasteiger partial charge in [-0.15, -0.1) is 0 Å². The van der Waals surface area contributed by atoms with Gasteiger partial charge >= 0.3 is 0 Å². The largest absolute Gasteiger partial charge is 0.312 e. The van der Waals surface area contributed by atoms with Gasteiger partial charge in [0.05, 0.1) is 4.90 Å². The molecule has 0 saturated heterocycles. The fourth-order valence-corrected chi connectivity index (χ4v) is 5.07. The van der Waals surface area contributed by atoms with Gasteiger partial charge in [-0.25, -0.2) is 13.1 Å². The number of anilines is 1. The van der Waals surface area contributed by atoms with Crippen LogP contribution in [0.4, 0.5) is 5.69 Å². The molecule has 1 aliphatic heterocycles. The van der Waals surface area contributed by atoms with Crippen molar-refractivity contribution in [3.8, 4) is 0 Å². The van der Waals surface area contributed by atoms with Crippen molar-refractivity contribution >= 4 is 21.6 Å². The molecule has 5 nitrogen and oxygen atoms in total. The van der Waals surface area contributed by atoms with Crippen molar-refractivity contribution in [3.05, 3.63) is 59.7 Å². The van der Waals surface area contributed by atoms with E-state index >= 15 is 0 Å². The minimum absolute atomic E-state index is 0.161. The summed E-state index contributed by atoms with van der Waals surface area (Å²) in [6, 6.07) is 15.0. The van der Waals surface area contributed by atoms with Crippen LogP contribution in [0.5, 0.6) is 0 Å². The van der Waals surface area contributed by atoms with Crippen LogP contribution >= 0.6 is 0 Å². The second-order valence-electron chi connectivity index (χ2n) is 7.85. The van der Waals surface area contributed by atoms with E-state index in [-0.39, 0.29) is 22.8 Å². The van der Waals surface area contributed by atoms with Gasteiger partial charge in [0, 0.05) is 24.2 Å². The molecule has 0 aromatic heterocycles. The maximum Gasteiger partial charge on any atom is 0.240 e. The number of fused-ring (bicyclic) bond motifs is 1. The van der Waals surface area contributed by atoms with Gasteiger partial charge in [-0.05, 0) is 68.4 Å². The number of hydrogen-bond donors (Lipinski definition) is 1. The number of nitrogens with one attached hydrogen (secondary N) is 1. The first-order valence-corrected chi connectivity index (χ1v) is 11.4. The SMILES string of the molecule is C[C@H](CCc1ccccc1)NS(=O)(=O)c1ccc2c(c1)CCN2C(=O)C1CC1. The van der Waals surface area contributed by atoms with Crippen LogP contribution in [-0.2, 0) is 27.7 Å². The van der Waals surface area contributed by atoms with Crippen molar-refractivity contribution in [1.29, 1.82) is 0 Å². The van der Waals surface area contributed by atoms with E-state index in [2.05, 4.69) is 16.9 Å². The summed E-state index contributed by atoms with van der Waals surface area (Å²) >= 11 is 0. The summed E-state index contributed by atoms with van der Waals surface area (Å²) < 4.78 is 28.4. The van der Waals surface area contributed by atoms with Crippen LogP contribution in [0.3, 0.4) is 0 Å². The molecule has 2 aromatic carbocycles. The van der Waals surface area contributed by atoms with Crippen molar-refractivity contribution in [2.45, 2.75) is 50.0 Å². The number of sulfonamides is 1. The van der Waals surface area contributed by atoms with E-state index in [1.165, 1.54) is 5.56 Å². The minimum Gasteiger partial charge on any atom is -0.312 e. The van der Waals surface area contributed by atoms with Gasteiger partial charge in [0.1, 0.15) is 0 Å². The van der Waals surface area contributed by atoms with Crippen LogP contribution in [-0.4, -0.2) is 26.9 Å². The molecule has 0 spiro atoms. The lowest BCUT2D eigenvalue weighted by atomic mass is 10.1. The van der Waals surface area contributed by atoms with Crippen molar-refractivity contribution < 1.29 is 13.2 Å². The molecule has 0 unspecified atom stereocenters. The molecule has 4 rings (SSSR count). The average molecular weight is 399 g/mol. The van der Waals surface area contributed by atoms with Crippen LogP contribution in [0.2, 0.25) is 0 Å². The van der Waals surface area contributed by atoms with E-state index in [1.807, 2.05) is 30.0 Å². The van der Waals surface area contributed by atoms with E-state index in [0.717, 1.165) is 36.9 Å². The lowest BCUT2D eigenvalue weighted by Gasteiger charge is -2.18. The first-order valence-electron chi connectivity index (χ1n) is 9.94. The molecular weight excluding hydrogens is 372 g/mol. The first-order chi connectivity index (χ1) is 13.4. The van der Waals surface area contributed by atoms with Gasteiger partial charge in [0.25, 0.3) is 0 Å². The van der Waals surface area contributed by atoms with Gasteiger partial charge in [-0.1, -0.05) is 30.3 Å². The summed E-state index contributed by atoms with van der Waals surface area (Å²) in [5.41, 5.74) is 3.01. The molecule has 0 bridgehead atoms. The predicted octanol–water partition coefficient (Wildman–Crippen LogP) is 3.29. The number of carbonyl (C=O) groups is 1. The van der Waals surface area contributed by atoms with Crippen LogP contribution in [0.25, 0.3) is 0 Å². The maximum absolute atomic E-state index is 12.8. The number of carbonyl (C=O) groups excluding carboxylic acids is 1. The van der Waals surface area contributed by atoms with Gasteiger partial charge in [0.2, 0.25) is 15.9 Å². The highest BCUT2D eigenvalue weighted by Crippen LogP contribution is 2.37. The average Bonchev–Trinajstić information content (AvgIpc) is 3.45. The highest BCUT2D eigenvalue weighted by molar-refractivity contribution is 7.89. The Bertz CT molecular complexity index is 969. The Hall–Kier alpha value is -2.18. The van der Waals surface area contributed by atoms with Crippen LogP contribution < -0.4 is 9.62 Å². The Kier molecular flexibility index (Phi) is 5.25. The second kappa shape index (κ2) is 7.68. The van der Waals surface area contributed by atoms with Crippen LogP contribution in [0.15, 0.2) is 53.4 Å². The highest BCUT2D eigenvalue weighted by atomic mass is 32.2. The molecule has 2 aliphatic rings. The number of rotatable bonds is 7. The summed E-state index contributed by atoms with van der Waals surface area (Å²) in [5, 5.41) is 0. The number of hydrogen-bond acceptors (Lipinski definition) is 3. The fraction of sp³-hybridized carbons (Fsp3) is 0.409. The molecule has 2 aromatic rings. The predicted molar refractivity (Wildman–Crippen MR) is 110 cm³/mol. The number of nitrogens with zero attached hydrogens (tertiary/aromatic N) is 1. The molecule has 28 heavy (non-hydrogen) atoms. The summed E-state index contributed by atoms with van der Waals surface area (Å²) in [5.74, 6) is 0.350.